The number of piperidine rings is 2. The molecule has 1 aromatic rings. The van der Waals surface area contributed by atoms with Gasteiger partial charge in [0, 0.05) is 26.2 Å². The molecule has 0 aliphatic carbocycles. The monoisotopic (exact) mass is 342 g/mol. The summed E-state index contributed by atoms with van der Waals surface area (Å²) in [6.45, 7) is 8.14. The number of carbonyl (C=O) groups excluding carboxylic acids is 1. The molecule has 0 unspecified atom stereocenters. The average molecular weight is 342 g/mol. The van der Waals surface area contributed by atoms with E-state index in [2.05, 4.69) is 47.9 Å². The number of Topliss-reactive ketones (excluding diaryl/α,β-unsaturated/α-hetero) is 1. The van der Waals surface area contributed by atoms with Crippen molar-refractivity contribution in [2.75, 3.05) is 33.3 Å². The molecule has 0 amide bonds. The van der Waals surface area contributed by atoms with E-state index in [0.717, 1.165) is 57.6 Å². The lowest BCUT2D eigenvalue weighted by atomic mass is 9.57. The van der Waals surface area contributed by atoms with Crippen molar-refractivity contribution >= 4 is 5.78 Å². The van der Waals surface area contributed by atoms with Crippen LogP contribution in [0.5, 0.6) is 5.75 Å². The normalized spacial score (nSPS) is 39.0. The van der Waals surface area contributed by atoms with Gasteiger partial charge >= 0.3 is 0 Å². The number of hydrogen-bond acceptors (Lipinski definition) is 4. The van der Waals surface area contributed by atoms with Gasteiger partial charge in [-0.25, -0.2) is 0 Å². The maximum Gasteiger partial charge on any atom is 0.150 e. The molecule has 1 aromatic carbocycles. The first-order chi connectivity index (χ1) is 12.1. The lowest BCUT2D eigenvalue weighted by molar-refractivity contribution is -0.205. The number of carbonyl (C=O) groups is 1. The predicted octanol–water partition coefficient (Wildman–Crippen LogP) is 3.48. The Morgan fingerprint density at radius 3 is 1.84 bits per heavy atom. The minimum atomic E-state index is -0.136. The molecule has 4 heterocycles. The molecule has 4 aliphatic heterocycles. The highest BCUT2D eigenvalue weighted by Gasteiger charge is 2.64. The van der Waals surface area contributed by atoms with E-state index < -0.39 is 0 Å². The van der Waals surface area contributed by atoms with Crippen LogP contribution in [0.15, 0.2) is 24.3 Å². The van der Waals surface area contributed by atoms with Crippen molar-refractivity contribution in [1.29, 1.82) is 0 Å². The van der Waals surface area contributed by atoms with Gasteiger partial charge in [-0.05, 0) is 30.5 Å². The van der Waals surface area contributed by atoms with E-state index in [1.807, 2.05) is 0 Å². The number of methoxy groups -OCH3 is 1. The molecule has 0 radical (unpaired) electrons. The first-order valence-electron chi connectivity index (χ1n) is 9.74. The summed E-state index contributed by atoms with van der Waals surface area (Å²) in [5.41, 5.74) is 1.05. The third kappa shape index (κ3) is 2.45. The Bertz CT molecular complexity index is 610. The van der Waals surface area contributed by atoms with Crippen LogP contribution in [0.1, 0.15) is 51.3 Å². The van der Waals surface area contributed by atoms with E-state index in [-0.39, 0.29) is 10.8 Å². The smallest absolute Gasteiger partial charge is 0.150 e. The van der Waals surface area contributed by atoms with Crippen LogP contribution in [0.4, 0.5) is 0 Å². The van der Waals surface area contributed by atoms with Crippen LogP contribution < -0.4 is 4.74 Å². The van der Waals surface area contributed by atoms with E-state index in [4.69, 9.17) is 4.74 Å². The highest BCUT2D eigenvalue weighted by atomic mass is 16.5. The predicted molar refractivity (Wildman–Crippen MR) is 98.6 cm³/mol. The van der Waals surface area contributed by atoms with Gasteiger partial charge in [-0.1, -0.05) is 38.8 Å². The second-order valence-electron chi connectivity index (χ2n) is 8.35. The molecule has 5 rings (SSSR count). The van der Waals surface area contributed by atoms with Crippen LogP contribution in [-0.2, 0) is 4.79 Å². The molecule has 0 spiro atoms. The summed E-state index contributed by atoms with van der Waals surface area (Å²) in [7, 11) is 1.71. The standard InChI is InChI=1S/C21H30N2O2/c1-4-10-20-12-22-14-21(11-5-2,19(20)24)15-23(13-20)18(22)16-6-8-17(25-3)9-7-16/h6-9,18H,4-5,10-15H2,1-3H3. The van der Waals surface area contributed by atoms with Crippen LogP contribution in [-0.4, -0.2) is 48.9 Å². The van der Waals surface area contributed by atoms with Crippen molar-refractivity contribution in [2.45, 2.75) is 45.7 Å². The van der Waals surface area contributed by atoms with Crippen LogP contribution in [0.3, 0.4) is 0 Å². The summed E-state index contributed by atoms with van der Waals surface area (Å²) in [6.07, 6.45) is 4.54. The number of rotatable bonds is 6. The zero-order valence-corrected chi connectivity index (χ0v) is 15.8. The molecular formula is C21H30N2O2. The molecule has 4 nitrogen and oxygen atoms in total. The first-order valence-corrected chi connectivity index (χ1v) is 9.74. The largest absolute Gasteiger partial charge is 0.497 e. The maximum absolute atomic E-state index is 13.5. The lowest BCUT2D eigenvalue weighted by Crippen LogP contribution is -2.76. The van der Waals surface area contributed by atoms with Gasteiger partial charge in [0.05, 0.1) is 24.1 Å². The summed E-state index contributed by atoms with van der Waals surface area (Å²) < 4.78 is 5.31. The van der Waals surface area contributed by atoms with Gasteiger partial charge in [0.1, 0.15) is 11.5 Å². The third-order valence-electron chi connectivity index (χ3n) is 6.55. The van der Waals surface area contributed by atoms with Gasteiger partial charge in [0.15, 0.2) is 0 Å². The van der Waals surface area contributed by atoms with E-state index in [1.165, 1.54) is 5.56 Å². The first kappa shape index (κ1) is 17.0. The Balaban J connectivity index is 1.69. The SMILES string of the molecule is CCCC12CN3CC(CCC)(CN(C1)C3c1ccc(OC)cc1)C2=O. The number of hydrogen-bond donors (Lipinski definition) is 0. The van der Waals surface area contributed by atoms with Gasteiger partial charge in [-0.3, -0.25) is 14.6 Å². The second kappa shape index (κ2) is 6.10. The average Bonchev–Trinajstić information content (AvgIpc) is 2.60. The van der Waals surface area contributed by atoms with Crippen LogP contribution in [0.25, 0.3) is 0 Å². The van der Waals surface area contributed by atoms with Gasteiger partial charge < -0.3 is 4.74 Å². The molecular weight excluding hydrogens is 312 g/mol. The van der Waals surface area contributed by atoms with E-state index in [0.29, 0.717) is 11.9 Å². The lowest BCUT2D eigenvalue weighted by Gasteiger charge is -2.66. The van der Waals surface area contributed by atoms with Crippen molar-refractivity contribution < 1.29 is 9.53 Å². The number of nitrogens with zero attached hydrogens (tertiary/aromatic N) is 2. The third-order valence-corrected chi connectivity index (χ3v) is 6.55. The summed E-state index contributed by atoms with van der Waals surface area (Å²) >= 11 is 0. The molecule has 4 saturated heterocycles. The topological polar surface area (TPSA) is 32.8 Å². The van der Waals surface area contributed by atoms with Crippen molar-refractivity contribution in [1.82, 2.24) is 9.80 Å². The van der Waals surface area contributed by atoms with Crippen LogP contribution in [0, 0.1) is 10.8 Å². The minimum Gasteiger partial charge on any atom is -0.497 e. The second-order valence-corrected chi connectivity index (χ2v) is 8.35. The van der Waals surface area contributed by atoms with Crippen LogP contribution in [0.2, 0.25) is 0 Å². The van der Waals surface area contributed by atoms with Gasteiger partial charge in [0.2, 0.25) is 0 Å². The van der Waals surface area contributed by atoms with Crippen molar-refractivity contribution in [3.05, 3.63) is 29.8 Å². The highest BCUT2D eigenvalue weighted by molar-refractivity contribution is 5.93. The number of ether oxygens (including phenoxy) is 1. The fourth-order valence-corrected chi connectivity index (χ4v) is 5.89. The Morgan fingerprint density at radius 1 is 0.960 bits per heavy atom. The van der Waals surface area contributed by atoms with E-state index in [1.54, 1.807) is 7.11 Å². The molecule has 25 heavy (non-hydrogen) atoms. The van der Waals surface area contributed by atoms with Gasteiger partial charge in [0.25, 0.3) is 0 Å². The van der Waals surface area contributed by atoms with Crippen molar-refractivity contribution in [3.8, 4) is 5.75 Å². The summed E-state index contributed by atoms with van der Waals surface area (Å²) in [5, 5.41) is 0. The Morgan fingerprint density at radius 2 is 1.44 bits per heavy atom. The molecule has 4 bridgehead atoms. The maximum atomic E-state index is 13.5. The molecule has 4 aliphatic rings. The molecule has 4 heteroatoms. The zero-order valence-electron chi connectivity index (χ0n) is 15.8. The Kier molecular flexibility index (Phi) is 4.16. The van der Waals surface area contributed by atoms with Crippen LogP contribution >= 0.6 is 0 Å². The molecule has 0 aromatic heterocycles. The Labute approximate surface area is 151 Å². The number of ketones is 1. The van der Waals surface area contributed by atoms with Crippen molar-refractivity contribution in [2.24, 2.45) is 10.8 Å². The number of benzene rings is 1. The quantitative estimate of drug-likeness (QED) is 0.792. The summed E-state index contributed by atoms with van der Waals surface area (Å²) in [5.74, 6) is 1.47. The molecule has 4 fully saturated rings. The molecule has 136 valence electrons. The fourth-order valence-electron chi connectivity index (χ4n) is 5.89. The molecule has 0 N–H and O–H groups in total. The van der Waals surface area contributed by atoms with Crippen molar-refractivity contribution in [3.63, 3.8) is 0 Å². The van der Waals surface area contributed by atoms with E-state index in [9.17, 15) is 4.79 Å². The Hall–Kier alpha value is -1.39. The van der Waals surface area contributed by atoms with Gasteiger partial charge in [-0.2, -0.15) is 0 Å². The molecule has 0 saturated carbocycles. The molecule has 0 atom stereocenters. The zero-order chi connectivity index (χ0) is 17.7. The highest BCUT2D eigenvalue weighted by Crippen LogP contribution is 2.55. The van der Waals surface area contributed by atoms with E-state index >= 15 is 0 Å². The summed E-state index contributed by atoms with van der Waals surface area (Å²) in [4.78, 5) is 18.6. The minimum absolute atomic E-state index is 0.136. The fraction of sp³-hybridized carbons (Fsp3) is 0.667. The van der Waals surface area contributed by atoms with Gasteiger partial charge in [-0.15, -0.1) is 0 Å². The summed E-state index contributed by atoms with van der Waals surface area (Å²) in [6, 6.07) is 8.48.